The standard InChI is InChI=1S/C13H22N4O/c1-9-15-16-13(12-7-11(18)8-14-12)17(9)10-5-3-2-4-6-10/h10-12,14,18H,2-8H2,1H3/t11-,12-/m0/s1. The van der Waals surface area contributed by atoms with Crippen LogP contribution in [0.15, 0.2) is 0 Å². The van der Waals surface area contributed by atoms with Crippen molar-refractivity contribution in [2.45, 2.75) is 63.6 Å². The van der Waals surface area contributed by atoms with Gasteiger partial charge in [-0.1, -0.05) is 19.3 Å². The number of aliphatic hydroxyl groups is 1. The van der Waals surface area contributed by atoms with E-state index in [1.165, 1.54) is 32.1 Å². The van der Waals surface area contributed by atoms with Gasteiger partial charge in [-0.25, -0.2) is 0 Å². The van der Waals surface area contributed by atoms with Crippen molar-refractivity contribution in [2.24, 2.45) is 0 Å². The molecular weight excluding hydrogens is 228 g/mol. The Morgan fingerprint density at radius 1 is 1.22 bits per heavy atom. The summed E-state index contributed by atoms with van der Waals surface area (Å²) in [6.45, 7) is 2.71. The maximum atomic E-state index is 9.65. The Kier molecular flexibility index (Phi) is 3.35. The molecule has 5 heteroatoms. The van der Waals surface area contributed by atoms with Crippen molar-refractivity contribution in [3.8, 4) is 0 Å². The van der Waals surface area contributed by atoms with Crippen molar-refractivity contribution in [3.05, 3.63) is 11.6 Å². The van der Waals surface area contributed by atoms with Gasteiger partial charge in [0.25, 0.3) is 0 Å². The summed E-state index contributed by atoms with van der Waals surface area (Å²) in [5.41, 5.74) is 0. The molecule has 0 amide bonds. The number of nitrogens with zero attached hydrogens (tertiary/aromatic N) is 3. The highest BCUT2D eigenvalue weighted by Crippen LogP contribution is 2.32. The molecule has 2 N–H and O–H groups in total. The fraction of sp³-hybridized carbons (Fsp3) is 0.846. The van der Waals surface area contributed by atoms with Crippen LogP contribution in [0.4, 0.5) is 0 Å². The molecule has 1 aliphatic heterocycles. The number of hydrogen-bond donors (Lipinski definition) is 2. The summed E-state index contributed by atoms with van der Waals surface area (Å²) in [6, 6.07) is 0.728. The van der Waals surface area contributed by atoms with E-state index in [2.05, 4.69) is 20.1 Å². The van der Waals surface area contributed by atoms with E-state index in [0.29, 0.717) is 12.6 Å². The van der Waals surface area contributed by atoms with Crippen molar-refractivity contribution in [2.75, 3.05) is 6.54 Å². The Hall–Kier alpha value is -0.940. The smallest absolute Gasteiger partial charge is 0.150 e. The van der Waals surface area contributed by atoms with Crippen LogP contribution in [0, 0.1) is 6.92 Å². The number of aliphatic hydroxyl groups excluding tert-OH is 1. The highest BCUT2D eigenvalue weighted by Gasteiger charge is 2.30. The van der Waals surface area contributed by atoms with Crippen LogP contribution in [0.2, 0.25) is 0 Å². The molecule has 18 heavy (non-hydrogen) atoms. The fourth-order valence-corrected chi connectivity index (χ4v) is 3.33. The first kappa shape index (κ1) is 12.1. The van der Waals surface area contributed by atoms with Gasteiger partial charge in [-0.2, -0.15) is 0 Å². The molecule has 3 rings (SSSR count). The van der Waals surface area contributed by atoms with Gasteiger partial charge in [0, 0.05) is 12.6 Å². The number of rotatable bonds is 2. The molecule has 0 bridgehead atoms. The Morgan fingerprint density at radius 2 is 2.00 bits per heavy atom. The lowest BCUT2D eigenvalue weighted by Crippen LogP contribution is -2.23. The largest absolute Gasteiger partial charge is 0.392 e. The molecule has 2 heterocycles. The first-order chi connectivity index (χ1) is 8.75. The minimum Gasteiger partial charge on any atom is -0.392 e. The summed E-state index contributed by atoms with van der Waals surface area (Å²) in [5, 5.41) is 21.6. The van der Waals surface area contributed by atoms with Crippen LogP contribution in [0.25, 0.3) is 0 Å². The third-order valence-corrected chi connectivity index (χ3v) is 4.25. The van der Waals surface area contributed by atoms with Crippen LogP contribution in [0.1, 0.15) is 62.3 Å². The molecule has 1 aromatic rings. The van der Waals surface area contributed by atoms with Crippen molar-refractivity contribution in [1.29, 1.82) is 0 Å². The Balaban J connectivity index is 1.86. The molecule has 2 atom stereocenters. The monoisotopic (exact) mass is 250 g/mol. The predicted molar refractivity (Wildman–Crippen MR) is 68.2 cm³/mol. The molecule has 2 fully saturated rings. The SMILES string of the molecule is Cc1nnc([C@@H]2C[C@H](O)CN2)n1C1CCCCC1. The van der Waals surface area contributed by atoms with Crippen molar-refractivity contribution >= 4 is 0 Å². The zero-order chi connectivity index (χ0) is 12.5. The van der Waals surface area contributed by atoms with Gasteiger partial charge in [-0.3, -0.25) is 0 Å². The van der Waals surface area contributed by atoms with Crippen molar-refractivity contribution in [1.82, 2.24) is 20.1 Å². The van der Waals surface area contributed by atoms with Gasteiger partial charge in [0.05, 0.1) is 12.1 Å². The topological polar surface area (TPSA) is 63.0 Å². The molecule has 1 aliphatic carbocycles. The Bertz CT molecular complexity index is 411. The minimum atomic E-state index is -0.244. The summed E-state index contributed by atoms with van der Waals surface area (Å²) < 4.78 is 2.31. The van der Waals surface area contributed by atoms with Crippen LogP contribution in [-0.4, -0.2) is 32.5 Å². The quantitative estimate of drug-likeness (QED) is 0.834. The van der Waals surface area contributed by atoms with E-state index in [1.54, 1.807) is 0 Å². The predicted octanol–water partition coefficient (Wildman–Crippen LogP) is 1.49. The first-order valence-electron chi connectivity index (χ1n) is 7.08. The van der Waals surface area contributed by atoms with Crippen molar-refractivity contribution in [3.63, 3.8) is 0 Å². The summed E-state index contributed by atoms with van der Waals surface area (Å²) in [6.07, 6.45) is 6.96. The van der Waals surface area contributed by atoms with Crippen LogP contribution >= 0.6 is 0 Å². The van der Waals surface area contributed by atoms with Crippen molar-refractivity contribution < 1.29 is 5.11 Å². The Morgan fingerprint density at radius 3 is 2.67 bits per heavy atom. The zero-order valence-electron chi connectivity index (χ0n) is 11.0. The average molecular weight is 250 g/mol. The lowest BCUT2D eigenvalue weighted by Gasteiger charge is -2.26. The van der Waals surface area contributed by atoms with Crippen LogP contribution < -0.4 is 5.32 Å². The van der Waals surface area contributed by atoms with Gasteiger partial charge in [0.15, 0.2) is 5.82 Å². The van der Waals surface area contributed by atoms with E-state index in [4.69, 9.17) is 0 Å². The number of aromatic nitrogens is 3. The number of hydrogen-bond acceptors (Lipinski definition) is 4. The van der Waals surface area contributed by atoms with Gasteiger partial charge in [-0.05, 0) is 26.2 Å². The summed E-state index contributed by atoms with van der Waals surface area (Å²) >= 11 is 0. The molecule has 0 spiro atoms. The second-order valence-electron chi connectivity index (χ2n) is 5.62. The normalized spacial score (nSPS) is 29.9. The van der Waals surface area contributed by atoms with E-state index in [1.807, 2.05) is 6.92 Å². The third kappa shape index (κ3) is 2.17. The number of aryl methyl sites for hydroxylation is 1. The molecular formula is C13H22N4O. The van der Waals surface area contributed by atoms with E-state index in [0.717, 1.165) is 18.1 Å². The minimum absolute atomic E-state index is 0.170. The van der Waals surface area contributed by atoms with Crippen LogP contribution in [-0.2, 0) is 0 Å². The number of β-amino-alcohol motifs (C(OH)–C–C–N with tert-alkyl or cyclic N) is 1. The second-order valence-corrected chi connectivity index (χ2v) is 5.62. The van der Waals surface area contributed by atoms with Gasteiger partial charge >= 0.3 is 0 Å². The Labute approximate surface area is 108 Å². The molecule has 0 unspecified atom stereocenters. The molecule has 100 valence electrons. The lowest BCUT2D eigenvalue weighted by molar-refractivity contribution is 0.192. The fourth-order valence-electron chi connectivity index (χ4n) is 3.33. The summed E-state index contributed by atoms with van der Waals surface area (Å²) in [5.74, 6) is 2.04. The molecule has 0 aromatic carbocycles. The maximum absolute atomic E-state index is 9.65. The van der Waals surface area contributed by atoms with Gasteiger partial charge in [-0.15, -0.1) is 10.2 Å². The molecule has 0 radical (unpaired) electrons. The van der Waals surface area contributed by atoms with E-state index in [9.17, 15) is 5.11 Å². The molecule has 2 aliphatic rings. The third-order valence-electron chi connectivity index (χ3n) is 4.25. The molecule has 1 aromatic heterocycles. The molecule has 1 saturated heterocycles. The highest BCUT2D eigenvalue weighted by molar-refractivity contribution is 5.06. The van der Waals surface area contributed by atoms with Crippen LogP contribution in [0.5, 0.6) is 0 Å². The highest BCUT2D eigenvalue weighted by atomic mass is 16.3. The first-order valence-corrected chi connectivity index (χ1v) is 7.08. The van der Waals surface area contributed by atoms with Gasteiger partial charge in [0.2, 0.25) is 0 Å². The maximum Gasteiger partial charge on any atom is 0.150 e. The van der Waals surface area contributed by atoms with Gasteiger partial charge in [0.1, 0.15) is 5.82 Å². The van der Waals surface area contributed by atoms with E-state index >= 15 is 0 Å². The van der Waals surface area contributed by atoms with Gasteiger partial charge < -0.3 is 15.0 Å². The average Bonchev–Trinajstić information content (AvgIpc) is 2.96. The second kappa shape index (κ2) is 4.97. The summed E-state index contributed by atoms with van der Waals surface area (Å²) in [7, 11) is 0. The zero-order valence-corrected chi connectivity index (χ0v) is 11.0. The lowest BCUT2D eigenvalue weighted by atomic mass is 9.95. The molecule has 1 saturated carbocycles. The summed E-state index contributed by atoms with van der Waals surface area (Å²) in [4.78, 5) is 0. The number of nitrogens with one attached hydrogen (secondary N) is 1. The van der Waals surface area contributed by atoms with Crippen LogP contribution in [0.3, 0.4) is 0 Å². The van der Waals surface area contributed by atoms with E-state index < -0.39 is 0 Å². The molecule has 5 nitrogen and oxygen atoms in total. The van der Waals surface area contributed by atoms with E-state index in [-0.39, 0.29) is 12.1 Å².